The molecule has 23 heavy (non-hydrogen) atoms. The quantitative estimate of drug-likeness (QED) is 0.521. The van der Waals surface area contributed by atoms with E-state index >= 15 is 0 Å². The second-order valence-electron chi connectivity index (χ2n) is 4.81. The normalized spacial score (nSPS) is 10.3. The van der Waals surface area contributed by atoms with E-state index in [9.17, 15) is 14.4 Å². The highest BCUT2D eigenvalue weighted by Gasteiger charge is 2.14. The lowest BCUT2D eigenvalue weighted by Crippen LogP contribution is -2.17. The first kappa shape index (κ1) is 16.5. The van der Waals surface area contributed by atoms with E-state index in [-0.39, 0.29) is 11.5 Å². The van der Waals surface area contributed by atoms with Crippen LogP contribution in [0, 0.1) is 0 Å². The summed E-state index contributed by atoms with van der Waals surface area (Å²) in [5, 5.41) is 8.43. The minimum atomic E-state index is -0.472. The molecule has 1 aromatic carbocycles. The molecule has 2 rings (SSSR count). The number of carbonyl (C=O) groups excluding carboxylic acids is 2. The van der Waals surface area contributed by atoms with Crippen molar-refractivity contribution in [1.82, 2.24) is 9.78 Å². The molecule has 0 aliphatic heterocycles. The molecule has 0 saturated carbocycles. The number of anilines is 2. The van der Waals surface area contributed by atoms with Crippen LogP contribution in [0.2, 0.25) is 0 Å². The summed E-state index contributed by atoms with van der Waals surface area (Å²) in [5.41, 5.74) is 0.591. The third-order valence-corrected chi connectivity index (χ3v) is 3.08. The van der Waals surface area contributed by atoms with Crippen LogP contribution >= 0.6 is 0 Å². The van der Waals surface area contributed by atoms with Crippen LogP contribution in [-0.4, -0.2) is 42.2 Å². The van der Waals surface area contributed by atoms with E-state index in [1.165, 1.54) is 11.6 Å². The average molecular weight is 318 g/mol. The molecule has 1 heterocycles. The van der Waals surface area contributed by atoms with Gasteiger partial charge in [-0.3, -0.25) is 19.5 Å². The topological polar surface area (TPSA) is 105 Å². The Balaban J connectivity index is 2.37. The predicted molar refractivity (Wildman–Crippen MR) is 86.4 cm³/mol. The van der Waals surface area contributed by atoms with Crippen molar-refractivity contribution in [2.75, 3.05) is 30.9 Å². The van der Waals surface area contributed by atoms with Crippen LogP contribution in [0.4, 0.5) is 11.5 Å². The number of benzene rings is 1. The van der Waals surface area contributed by atoms with E-state index in [1.54, 1.807) is 31.4 Å². The lowest BCUT2D eigenvalue weighted by Gasteiger charge is -2.06. The van der Waals surface area contributed by atoms with Crippen molar-refractivity contribution >= 4 is 23.7 Å². The largest absolute Gasteiger partial charge is 0.383 e. The van der Waals surface area contributed by atoms with Gasteiger partial charge in [-0.15, -0.1) is 0 Å². The minimum Gasteiger partial charge on any atom is -0.383 e. The number of amides is 1. The van der Waals surface area contributed by atoms with Gasteiger partial charge in [0, 0.05) is 26.3 Å². The van der Waals surface area contributed by atoms with Crippen LogP contribution in [0.25, 0.3) is 5.69 Å². The number of ether oxygens (including phenoxy) is 1. The Morgan fingerprint density at radius 2 is 2.22 bits per heavy atom. The van der Waals surface area contributed by atoms with Crippen molar-refractivity contribution in [2.45, 2.75) is 6.92 Å². The molecule has 0 aliphatic carbocycles. The first-order valence-corrected chi connectivity index (χ1v) is 6.98. The molecule has 1 aromatic heterocycles. The average Bonchev–Trinajstić information content (AvgIpc) is 2.83. The van der Waals surface area contributed by atoms with Crippen molar-refractivity contribution < 1.29 is 14.3 Å². The number of aldehydes is 1. The first-order valence-electron chi connectivity index (χ1n) is 6.98. The van der Waals surface area contributed by atoms with Crippen molar-refractivity contribution in [3.63, 3.8) is 0 Å². The number of hydrogen-bond donors (Lipinski definition) is 3. The molecule has 0 spiro atoms. The summed E-state index contributed by atoms with van der Waals surface area (Å²) in [6.07, 6.45) is 0.502. The molecule has 0 bridgehead atoms. The zero-order valence-electron chi connectivity index (χ0n) is 12.9. The third-order valence-electron chi connectivity index (χ3n) is 3.08. The lowest BCUT2D eigenvalue weighted by atomic mass is 10.2. The van der Waals surface area contributed by atoms with Gasteiger partial charge in [0.2, 0.25) is 5.91 Å². The maximum absolute atomic E-state index is 12.3. The highest BCUT2D eigenvalue weighted by molar-refractivity contribution is 5.89. The number of nitrogens with one attached hydrogen (secondary N) is 3. The summed E-state index contributed by atoms with van der Waals surface area (Å²) in [7, 11) is 1.56. The fourth-order valence-electron chi connectivity index (χ4n) is 2.08. The lowest BCUT2D eigenvalue weighted by molar-refractivity contribution is -0.114. The van der Waals surface area contributed by atoms with Crippen molar-refractivity contribution in [3.05, 3.63) is 40.2 Å². The van der Waals surface area contributed by atoms with Crippen LogP contribution in [-0.2, 0) is 9.53 Å². The molecule has 1 amide bonds. The molecule has 0 aliphatic rings. The molecule has 0 radical (unpaired) electrons. The van der Waals surface area contributed by atoms with Gasteiger partial charge in [-0.2, -0.15) is 0 Å². The van der Waals surface area contributed by atoms with E-state index in [1.807, 2.05) is 0 Å². The van der Waals surface area contributed by atoms with Gasteiger partial charge in [-0.25, -0.2) is 4.68 Å². The predicted octanol–water partition coefficient (Wildman–Crippen LogP) is 0.995. The summed E-state index contributed by atoms with van der Waals surface area (Å²) in [4.78, 5) is 34.6. The van der Waals surface area contributed by atoms with Gasteiger partial charge >= 0.3 is 0 Å². The molecule has 0 atom stereocenters. The maximum atomic E-state index is 12.3. The van der Waals surface area contributed by atoms with E-state index in [0.717, 1.165) is 0 Å². The molecule has 0 unspecified atom stereocenters. The number of rotatable bonds is 7. The monoisotopic (exact) mass is 318 g/mol. The van der Waals surface area contributed by atoms with Crippen molar-refractivity contribution in [1.29, 1.82) is 0 Å². The van der Waals surface area contributed by atoms with E-state index < -0.39 is 5.56 Å². The number of aromatic amines is 1. The molecule has 0 fully saturated rings. The summed E-state index contributed by atoms with van der Waals surface area (Å²) in [6, 6.07) is 6.73. The highest BCUT2D eigenvalue weighted by atomic mass is 16.5. The maximum Gasteiger partial charge on any atom is 0.284 e. The number of methoxy groups -OCH3 is 1. The number of H-pyrrole nitrogens is 1. The van der Waals surface area contributed by atoms with E-state index in [0.29, 0.717) is 36.6 Å². The number of carbonyl (C=O) groups is 2. The van der Waals surface area contributed by atoms with Crippen LogP contribution < -0.4 is 16.2 Å². The standard InChI is InChI=1S/C15H18N4O4/c1-10(21)17-11-4-3-5-12(8-11)19-15(22)13(9-20)14(18-19)16-6-7-23-2/h3-5,8-9,16,18H,6-7H2,1-2H3,(H,17,21). The van der Waals surface area contributed by atoms with Crippen molar-refractivity contribution in [3.8, 4) is 5.69 Å². The molecule has 0 saturated heterocycles. The minimum absolute atomic E-state index is 0.00559. The van der Waals surface area contributed by atoms with E-state index in [4.69, 9.17) is 4.74 Å². The van der Waals surface area contributed by atoms with Gasteiger partial charge < -0.3 is 15.4 Å². The van der Waals surface area contributed by atoms with Gasteiger partial charge in [0.15, 0.2) is 6.29 Å². The fraction of sp³-hybridized carbons (Fsp3) is 0.267. The highest BCUT2D eigenvalue weighted by Crippen LogP contribution is 2.15. The molecule has 8 heteroatoms. The second-order valence-corrected chi connectivity index (χ2v) is 4.81. The number of hydrogen-bond acceptors (Lipinski definition) is 5. The van der Waals surface area contributed by atoms with Gasteiger partial charge in [-0.05, 0) is 18.2 Å². The fourth-order valence-corrected chi connectivity index (χ4v) is 2.08. The summed E-state index contributed by atoms with van der Waals surface area (Å²) >= 11 is 0. The third kappa shape index (κ3) is 3.86. The summed E-state index contributed by atoms with van der Waals surface area (Å²) < 4.78 is 6.16. The van der Waals surface area contributed by atoms with Crippen LogP contribution in [0.1, 0.15) is 17.3 Å². The van der Waals surface area contributed by atoms with Crippen LogP contribution in [0.3, 0.4) is 0 Å². The SMILES string of the molecule is COCCNc1[nH]n(-c2cccc(NC(C)=O)c2)c(=O)c1C=O. The molecular formula is C15H18N4O4. The van der Waals surface area contributed by atoms with Gasteiger partial charge in [0.05, 0.1) is 12.3 Å². The number of aromatic nitrogens is 2. The smallest absolute Gasteiger partial charge is 0.284 e. The number of nitrogens with zero attached hydrogens (tertiary/aromatic N) is 1. The Morgan fingerprint density at radius 1 is 1.43 bits per heavy atom. The summed E-state index contributed by atoms with van der Waals surface area (Å²) in [6.45, 7) is 2.28. The molecule has 2 aromatic rings. The summed E-state index contributed by atoms with van der Waals surface area (Å²) in [5.74, 6) is 0.114. The Bertz CT molecular complexity index is 763. The Morgan fingerprint density at radius 3 is 2.87 bits per heavy atom. The second kappa shape index (κ2) is 7.41. The van der Waals surface area contributed by atoms with Gasteiger partial charge in [-0.1, -0.05) is 6.07 Å². The van der Waals surface area contributed by atoms with Crippen LogP contribution in [0.15, 0.2) is 29.1 Å². The van der Waals surface area contributed by atoms with E-state index in [2.05, 4.69) is 15.7 Å². The Labute approximate surface area is 132 Å². The molecule has 8 nitrogen and oxygen atoms in total. The van der Waals surface area contributed by atoms with Crippen molar-refractivity contribution in [2.24, 2.45) is 0 Å². The first-order chi connectivity index (χ1) is 11.1. The zero-order chi connectivity index (χ0) is 16.8. The van der Waals surface area contributed by atoms with Crippen LogP contribution in [0.5, 0.6) is 0 Å². The molecule has 3 N–H and O–H groups in total. The van der Waals surface area contributed by atoms with Gasteiger partial charge in [0.1, 0.15) is 11.4 Å². The Kier molecular flexibility index (Phi) is 5.32. The van der Waals surface area contributed by atoms with Gasteiger partial charge in [0.25, 0.3) is 5.56 Å². The Hall–Kier alpha value is -2.87. The molecular weight excluding hydrogens is 300 g/mol. The zero-order valence-corrected chi connectivity index (χ0v) is 12.9. The molecule has 122 valence electrons.